The van der Waals surface area contributed by atoms with Crippen molar-refractivity contribution in [2.75, 3.05) is 26.1 Å². The molecule has 0 fully saturated rings. The molecule has 3 N–H and O–H groups in total. The van der Waals surface area contributed by atoms with E-state index in [2.05, 4.69) is 9.72 Å². The quantitative estimate of drug-likeness (QED) is 0.550. The second-order valence-electron chi connectivity index (χ2n) is 3.04. The van der Waals surface area contributed by atoms with Gasteiger partial charge < -0.3 is 20.3 Å². The monoisotopic (exact) mass is 226 g/mol. The summed E-state index contributed by atoms with van der Waals surface area (Å²) in [6, 6.07) is 1.44. The minimum Gasteiger partial charge on any atom is -0.477 e. The van der Waals surface area contributed by atoms with Crippen LogP contribution in [-0.4, -0.2) is 36.4 Å². The first kappa shape index (κ1) is 12.3. The molecular formula is C10H14N2O4. The fourth-order valence-electron chi connectivity index (χ4n) is 1.07. The Morgan fingerprint density at radius 1 is 1.62 bits per heavy atom. The Hall–Kier alpha value is -1.82. The molecule has 0 aliphatic rings. The first-order chi connectivity index (χ1) is 7.69. The van der Waals surface area contributed by atoms with Gasteiger partial charge in [-0.25, -0.2) is 9.78 Å². The lowest BCUT2D eigenvalue weighted by atomic mass is 10.2. The first-order valence-electron chi connectivity index (χ1n) is 4.76. The molecule has 0 aliphatic heterocycles. The smallest absolute Gasteiger partial charge is 0.343 e. The highest BCUT2D eigenvalue weighted by Crippen LogP contribution is 2.18. The van der Waals surface area contributed by atoms with Gasteiger partial charge in [0.1, 0.15) is 5.56 Å². The van der Waals surface area contributed by atoms with Crippen LogP contribution in [0.1, 0.15) is 16.8 Å². The Labute approximate surface area is 93.0 Å². The average molecular weight is 226 g/mol. The number of carbonyl (C=O) groups excluding carboxylic acids is 1. The van der Waals surface area contributed by atoms with E-state index in [4.69, 9.17) is 15.6 Å². The Morgan fingerprint density at radius 2 is 2.38 bits per heavy atom. The van der Waals surface area contributed by atoms with E-state index in [1.807, 2.05) is 0 Å². The van der Waals surface area contributed by atoms with Crippen LogP contribution >= 0.6 is 0 Å². The lowest BCUT2D eigenvalue weighted by molar-refractivity contribution is 0.0594. The Bertz CT molecular complexity index is 368. The van der Waals surface area contributed by atoms with Crippen molar-refractivity contribution in [1.82, 2.24) is 4.98 Å². The number of nitrogen functional groups attached to an aromatic ring is 1. The van der Waals surface area contributed by atoms with Crippen molar-refractivity contribution >= 4 is 11.7 Å². The topological polar surface area (TPSA) is 94.7 Å². The number of hydrogen-bond acceptors (Lipinski definition) is 6. The molecule has 1 aromatic rings. The van der Waals surface area contributed by atoms with Crippen molar-refractivity contribution in [3.8, 4) is 5.88 Å². The van der Waals surface area contributed by atoms with Gasteiger partial charge >= 0.3 is 5.97 Å². The average Bonchev–Trinajstić information content (AvgIpc) is 2.30. The zero-order valence-corrected chi connectivity index (χ0v) is 8.97. The van der Waals surface area contributed by atoms with Crippen molar-refractivity contribution in [1.29, 1.82) is 0 Å². The van der Waals surface area contributed by atoms with E-state index in [0.717, 1.165) is 0 Å². The van der Waals surface area contributed by atoms with Crippen molar-refractivity contribution in [2.24, 2.45) is 0 Å². The molecule has 0 atom stereocenters. The van der Waals surface area contributed by atoms with E-state index >= 15 is 0 Å². The normalized spacial score (nSPS) is 9.88. The zero-order chi connectivity index (χ0) is 12.0. The number of nitrogens with zero attached hydrogens (tertiary/aromatic N) is 1. The molecule has 0 saturated carbocycles. The van der Waals surface area contributed by atoms with Crippen molar-refractivity contribution in [3.05, 3.63) is 17.8 Å². The van der Waals surface area contributed by atoms with Crippen LogP contribution in [0.5, 0.6) is 5.88 Å². The highest BCUT2D eigenvalue weighted by Gasteiger charge is 2.14. The molecule has 6 nitrogen and oxygen atoms in total. The molecule has 0 saturated heterocycles. The van der Waals surface area contributed by atoms with E-state index in [0.29, 0.717) is 12.1 Å². The fourth-order valence-corrected chi connectivity index (χ4v) is 1.07. The molecule has 0 aliphatic carbocycles. The van der Waals surface area contributed by atoms with Crippen LogP contribution in [0, 0.1) is 0 Å². The standard InChI is InChI=1S/C10H14N2O4/c1-15-10(14)8-5-7(11)6-12-9(8)16-4-2-3-13/h5-6,13H,2-4,11H2,1H3. The number of rotatable bonds is 5. The third-order valence-corrected chi connectivity index (χ3v) is 1.82. The van der Waals surface area contributed by atoms with Gasteiger partial charge in [-0.15, -0.1) is 0 Å². The number of ether oxygens (including phenoxy) is 2. The van der Waals surface area contributed by atoms with Gasteiger partial charge in [0.15, 0.2) is 0 Å². The van der Waals surface area contributed by atoms with Gasteiger partial charge in [-0.1, -0.05) is 0 Å². The predicted molar refractivity (Wildman–Crippen MR) is 57.2 cm³/mol. The summed E-state index contributed by atoms with van der Waals surface area (Å²) >= 11 is 0. The molecule has 1 rings (SSSR count). The number of aliphatic hydroxyl groups excluding tert-OH is 1. The molecule has 0 amide bonds. The molecular weight excluding hydrogens is 212 g/mol. The highest BCUT2D eigenvalue weighted by atomic mass is 16.5. The molecule has 0 bridgehead atoms. The highest BCUT2D eigenvalue weighted by molar-refractivity contribution is 5.92. The van der Waals surface area contributed by atoms with Gasteiger partial charge in [0.2, 0.25) is 5.88 Å². The summed E-state index contributed by atoms with van der Waals surface area (Å²) < 4.78 is 9.80. The lowest BCUT2D eigenvalue weighted by Crippen LogP contribution is -2.09. The van der Waals surface area contributed by atoms with E-state index in [1.54, 1.807) is 0 Å². The van der Waals surface area contributed by atoms with Crippen LogP contribution in [-0.2, 0) is 4.74 Å². The molecule has 88 valence electrons. The third kappa shape index (κ3) is 3.09. The van der Waals surface area contributed by atoms with Gasteiger partial charge in [-0.2, -0.15) is 0 Å². The number of pyridine rings is 1. The maximum atomic E-state index is 11.4. The molecule has 1 heterocycles. The Kier molecular flexibility index (Phi) is 4.53. The molecule has 0 spiro atoms. The van der Waals surface area contributed by atoms with Crippen LogP contribution in [0.25, 0.3) is 0 Å². The Morgan fingerprint density at radius 3 is 3.00 bits per heavy atom. The summed E-state index contributed by atoms with van der Waals surface area (Å²) in [5.41, 5.74) is 6.05. The van der Waals surface area contributed by atoms with Crippen molar-refractivity contribution in [3.63, 3.8) is 0 Å². The molecule has 0 unspecified atom stereocenters. The summed E-state index contributed by atoms with van der Waals surface area (Å²) in [6.07, 6.45) is 1.85. The van der Waals surface area contributed by atoms with E-state index < -0.39 is 5.97 Å². The second-order valence-corrected chi connectivity index (χ2v) is 3.04. The lowest BCUT2D eigenvalue weighted by Gasteiger charge is -2.08. The van der Waals surface area contributed by atoms with Crippen LogP contribution in [0.2, 0.25) is 0 Å². The summed E-state index contributed by atoms with van der Waals surface area (Å²) in [7, 11) is 1.27. The SMILES string of the molecule is COC(=O)c1cc(N)cnc1OCCCO. The minimum atomic E-state index is -0.557. The summed E-state index contributed by atoms with van der Waals surface area (Å²) in [5.74, 6) is -0.395. The summed E-state index contributed by atoms with van der Waals surface area (Å²) in [4.78, 5) is 15.3. The van der Waals surface area contributed by atoms with Crippen LogP contribution in [0.4, 0.5) is 5.69 Å². The number of aromatic nitrogens is 1. The predicted octanol–water partition coefficient (Wildman–Crippen LogP) is 0.212. The molecule has 0 aromatic carbocycles. The van der Waals surface area contributed by atoms with Crippen LogP contribution in [0.3, 0.4) is 0 Å². The van der Waals surface area contributed by atoms with Gasteiger partial charge in [-0.3, -0.25) is 0 Å². The number of anilines is 1. The number of nitrogens with two attached hydrogens (primary N) is 1. The molecule has 0 radical (unpaired) electrons. The van der Waals surface area contributed by atoms with E-state index in [1.165, 1.54) is 19.4 Å². The van der Waals surface area contributed by atoms with Gasteiger partial charge in [-0.05, 0) is 6.07 Å². The number of hydrogen-bond donors (Lipinski definition) is 2. The van der Waals surface area contributed by atoms with Gasteiger partial charge in [0.25, 0.3) is 0 Å². The maximum Gasteiger partial charge on any atom is 0.343 e. The molecule has 6 heteroatoms. The summed E-state index contributed by atoms with van der Waals surface area (Å²) in [5, 5.41) is 8.60. The van der Waals surface area contributed by atoms with Gasteiger partial charge in [0, 0.05) is 13.0 Å². The van der Waals surface area contributed by atoms with Crippen LogP contribution in [0.15, 0.2) is 12.3 Å². The number of carbonyl (C=O) groups is 1. The maximum absolute atomic E-state index is 11.4. The minimum absolute atomic E-state index is 0.0164. The largest absolute Gasteiger partial charge is 0.477 e. The van der Waals surface area contributed by atoms with E-state index in [-0.39, 0.29) is 24.7 Å². The second kappa shape index (κ2) is 5.92. The van der Waals surface area contributed by atoms with Crippen LogP contribution < -0.4 is 10.5 Å². The zero-order valence-electron chi connectivity index (χ0n) is 8.97. The summed E-state index contributed by atoms with van der Waals surface area (Å²) in [6.45, 7) is 0.292. The number of esters is 1. The molecule has 1 aromatic heterocycles. The Balaban J connectivity index is 2.85. The molecule has 16 heavy (non-hydrogen) atoms. The van der Waals surface area contributed by atoms with Crippen molar-refractivity contribution in [2.45, 2.75) is 6.42 Å². The first-order valence-corrected chi connectivity index (χ1v) is 4.76. The fraction of sp³-hybridized carbons (Fsp3) is 0.400. The van der Waals surface area contributed by atoms with Gasteiger partial charge in [0.05, 0.1) is 25.6 Å². The number of aliphatic hydroxyl groups is 1. The number of methoxy groups -OCH3 is 1. The van der Waals surface area contributed by atoms with E-state index in [9.17, 15) is 4.79 Å². The third-order valence-electron chi connectivity index (χ3n) is 1.82. The van der Waals surface area contributed by atoms with Crippen molar-refractivity contribution < 1.29 is 19.4 Å².